The van der Waals surface area contributed by atoms with Crippen molar-refractivity contribution in [1.29, 1.82) is 0 Å². The second-order valence-electron chi connectivity index (χ2n) is 4.52. The third-order valence-electron chi connectivity index (χ3n) is 2.98. The van der Waals surface area contributed by atoms with E-state index in [0.717, 1.165) is 6.54 Å². The number of nitrogens with zero attached hydrogens (tertiary/aromatic N) is 1. The molecule has 2 rings (SSSR count). The van der Waals surface area contributed by atoms with Gasteiger partial charge in [-0.2, -0.15) is 0 Å². The van der Waals surface area contributed by atoms with Crippen LogP contribution in [0.15, 0.2) is 18.2 Å². The highest BCUT2D eigenvalue weighted by molar-refractivity contribution is 6.34. The van der Waals surface area contributed by atoms with Gasteiger partial charge >= 0.3 is 0 Å². The van der Waals surface area contributed by atoms with E-state index in [1.54, 1.807) is 18.2 Å². The molecule has 7 heteroatoms. The SMILES string of the molecule is NC(=O)C1CN(CCOc2cc(Cl)cc(Cl)c2)CCO1. The Morgan fingerprint density at radius 2 is 2.10 bits per heavy atom. The van der Waals surface area contributed by atoms with Crippen LogP contribution in [-0.2, 0) is 9.53 Å². The van der Waals surface area contributed by atoms with Gasteiger partial charge in [0.2, 0.25) is 5.91 Å². The van der Waals surface area contributed by atoms with Crippen LogP contribution in [0.25, 0.3) is 0 Å². The fourth-order valence-corrected chi connectivity index (χ4v) is 2.49. The largest absolute Gasteiger partial charge is 0.492 e. The monoisotopic (exact) mass is 318 g/mol. The van der Waals surface area contributed by atoms with Crippen LogP contribution in [0.4, 0.5) is 0 Å². The predicted octanol–water partition coefficient (Wildman–Crippen LogP) is 1.56. The van der Waals surface area contributed by atoms with Crippen molar-refractivity contribution >= 4 is 29.1 Å². The van der Waals surface area contributed by atoms with E-state index < -0.39 is 12.0 Å². The number of morpholine rings is 1. The van der Waals surface area contributed by atoms with E-state index in [1.165, 1.54) is 0 Å². The van der Waals surface area contributed by atoms with Gasteiger partial charge in [-0.25, -0.2) is 0 Å². The summed E-state index contributed by atoms with van der Waals surface area (Å²) in [6.07, 6.45) is -0.538. The zero-order chi connectivity index (χ0) is 14.5. The summed E-state index contributed by atoms with van der Waals surface area (Å²) in [7, 11) is 0. The van der Waals surface area contributed by atoms with Crippen molar-refractivity contribution in [3.63, 3.8) is 0 Å². The van der Waals surface area contributed by atoms with Crippen molar-refractivity contribution in [3.05, 3.63) is 28.2 Å². The van der Waals surface area contributed by atoms with Crippen molar-refractivity contribution in [2.75, 3.05) is 32.8 Å². The number of hydrogen-bond acceptors (Lipinski definition) is 4. The van der Waals surface area contributed by atoms with E-state index in [1.807, 2.05) is 0 Å². The van der Waals surface area contributed by atoms with E-state index in [0.29, 0.717) is 42.1 Å². The second-order valence-corrected chi connectivity index (χ2v) is 5.39. The topological polar surface area (TPSA) is 64.8 Å². The molecular formula is C13H16Cl2N2O3. The summed E-state index contributed by atoms with van der Waals surface area (Å²) in [5.74, 6) is 0.194. The minimum absolute atomic E-state index is 0.433. The Bertz CT molecular complexity index is 464. The molecule has 0 bridgehead atoms. The maximum atomic E-state index is 11.1. The van der Waals surface area contributed by atoms with E-state index in [9.17, 15) is 4.79 Å². The predicted molar refractivity (Wildman–Crippen MR) is 77.3 cm³/mol. The first kappa shape index (κ1) is 15.4. The van der Waals surface area contributed by atoms with Crippen molar-refractivity contribution in [3.8, 4) is 5.75 Å². The standard InChI is InChI=1S/C13H16Cl2N2O3/c14-9-5-10(15)7-11(6-9)19-3-1-17-2-4-20-12(8-17)13(16)18/h5-7,12H,1-4,8H2,(H2,16,18). The first-order valence-electron chi connectivity index (χ1n) is 6.27. The molecule has 1 aliphatic rings. The summed E-state index contributed by atoms with van der Waals surface area (Å²) in [6, 6.07) is 5.06. The summed E-state index contributed by atoms with van der Waals surface area (Å²) < 4.78 is 10.9. The van der Waals surface area contributed by atoms with Crippen LogP contribution in [0.5, 0.6) is 5.75 Å². The van der Waals surface area contributed by atoms with Crippen molar-refractivity contribution in [1.82, 2.24) is 4.90 Å². The summed E-state index contributed by atoms with van der Waals surface area (Å²) in [4.78, 5) is 13.2. The number of rotatable bonds is 5. The molecule has 1 fully saturated rings. The number of amides is 1. The zero-order valence-corrected chi connectivity index (χ0v) is 12.4. The van der Waals surface area contributed by atoms with E-state index in [-0.39, 0.29) is 0 Å². The van der Waals surface area contributed by atoms with Crippen LogP contribution >= 0.6 is 23.2 Å². The third kappa shape index (κ3) is 4.52. The summed E-state index contributed by atoms with van der Waals surface area (Å²) >= 11 is 11.8. The Hall–Kier alpha value is -1.01. The lowest BCUT2D eigenvalue weighted by atomic mass is 10.2. The van der Waals surface area contributed by atoms with Crippen molar-refractivity contribution in [2.45, 2.75) is 6.10 Å². The number of halogens is 2. The normalized spacial score (nSPS) is 19.8. The van der Waals surface area contributed by atoms with Crippen LogP contribution in [0.1, 0.15) is 0 Å². The minimum Gasteiger partial charge on any atom is -0.492 e. The highest BCUT2D eigenvalue weighted by Crippen LogP contribution is 2.24. The van der Waals surface area contributed by atoms with Crippen LogP contribution in [0, 0.1) is 0 Å². The molecule has 1 heterocycles. The van der Waals surface area contributed by atoms with Gasteiger partial charge in [0.05, 0.1) is 6.61 Å². The van der Waals surface area contributed by atoms with Gasteiger partial charge in [0.1, 0.15) is 18.5 Å². The van der Waals surface area contributed by atoms with Crippen LogP contribution in [-0.4, -0.2) is 49.8 Å². The lowest BCUT2D eigenvalue weighted by Crippen LogP contribution is -2.49. The van der Waals surface area contributed by atoms with Crippen molar-refractivity contribution in [2.24, 2.45) is 5.73 Å². The van der Waals surface area contributed by atoms with Crippen LogP contribution in [0.3, 0.4) is 0 Å². The molecule has 1 atom stereocenters. The number of benzene rings is 1. The Labute approximate surface area is 127 Å². The third-order valence-corrected chi connectivity index (χ3v) is 3.42. The molecule has 1 aliphatic heterocycles. The van der Waals surface area contributed by atoms with Crippen LogP contribution in [0.2, 0.25) is 10.0 Å². The molecule has 1 aromatic rings. The fraction of sp³-hybridized carbons (Fsp3) is 0.462. The number of ether oxygens (including phenoxy) is 2. The maximum absolute atomic E-state index is 11.1. The molecule has 5 nitrogen and oxygen atoms in total. The Balaban J connectivity index is 1.79. The number of hydrogen-bond donors (Lipinski definition) is 1. The first-order chi connectivity index (χ1) is 9.54. The van der Waals surface area contributed by atoms with Crippen LogP contribution < -0.4 is 10.5 Å². The Morgan fingerprint density at radius 1 is 1.40 bits per heavy atom. The maximum Gasteiger partial charge on any atom is 0.247 e. The van der Waals surface area contributed by atoms with Gasteiger partial charge in [-0.3, -0.25) is 9.69 Å². The van der Waals surface area contributed by atoms with Crippen molar-refractivity contribution < 1.29 is 14.3 Å². The molecule has 2 N–H and O–H groups in total. The number of primary amides is 1. The highest BCUT2D eigenvalue weighted by Gasteiger charge is 2.24. The van der Waals surface area contributed by atoms with E-state index in [4.69, 9.17) is 38.4 Å². The lowest BCUT2D eigenvalue weighted by molar-refractivity contribution is -0.135. The average Bonchev–Trinajstić information content (AvgIpc) is 2.38. The molecule has 0 spiro atoms. The van der Waals surface area contributed by atoms with Gasteiger partial charge in [0.15, 0.2) is 0 Å². The second kappa shape index (κ2) is 7.13. The highest BCUT2D eigenvalue weighted by atomic mass is 35.5. The Morgan fingerprint density at radius 3 is 2.75 bits per heavy atom. The summed E-state index contributed by atoms with van der Waals surface area (Å²) in [5.41, 5.74) is 5.23. The molecule has 1 saturated heterocycles. The molecular weight excluding hydrogens is 303 g/mol. The molecule has 0 radical (unpaired) electrons. The van der Waals surface area contributed by atoms with Gasteiger partial charge in [0.25, 0.3) is 0 Å². The van der Waals surface area contributed by atoms with Gasteiger partial charge in [-0.15, -0.1) is 0 Å². The molecule has 20 heavy (non-hydrogen) atoms. The first-order valence-corrected chi connectivity index (χ1v) is 7.02. The van der Waals surface area contributed by atoms with Gasteiger partial charge < -0.3 is 15.2 Å². The van der Waals surface area contributed by atoms with Gasteiger partial charge in [-0.05, 0) is 18.2 Å². The number of carbonyl (C=O) groups is 1. The Kier molecular flexibility index (Phi) is 5.48. The minimum atomic E-state index is -0.538. The quantitative estimate of drug-likeness (QED) is 0.894. The fourth-order valence-electron chi connectivity index (χ4n) is 1.98. The molecule has 0 aromatic heterocycles. The van der Waals surface area contributed by atoms with Gasteiger partial charge in [0, 0.05) is 29.7 Å². The smallest absolute Gasteiger partial charge is 0.247 e. The molecule has 0 saturated carbocycles. The van der Waals surface area contributed by atoms with Gasteiger partial charge in [-0.1, -0.05) is 23.2 Å². The van der Waals surface area contributed by atoms with E-state index in [2.05, 4.69) is 4.90 Å². The molecule has 1 amide bonds. The zero-order valence-electron chi connectivity index (χ0n) is 10.9. The molecule has 1 unspecified atom stereocenters. The average molecular weight is 319 g/mol. The molecule has 0 aliphatic carbocycles. The number of nitrogens with two attached hydrogens (primary N) is 1. The lowest BCUT2D eigenvalue weighted by Gasteiger charge is -2.31. The van der Waals surface area contributed by atoms with E-state index >= 15 is 0 Å². The summed E-state index contributed by atoms with van der Waals surface area (Å²) in [5, 5.41) is 1.07. The molecule has 110 valence electrons. The summed E-state index contributed by atoms with van der Waals surface area (Å²) in [6.45, 7) is 2.90. The number of carbonyl (C=O) groups excluding carboxylic acids is 1. The molecule has 1 aromatic carbocycles.